The number of nitrogens with zero attached hydrogens (tertiary/aromatic N) is 2. The summed E-state index contributed by atoms with van der Waals surface area (Å²) in [4.78, 5) is 12.5. The third-order valence-electron chi connectivity index (χ3n) is 3.16. The normalized spacial score (nSPS) is 10.9. The van der Waals surface area contributed by atoms with Gasteiger partial charge in [0, 0.05) is 6.20 Å². The molecule has 0 aliphatic heterocycles. The minimum atomic E-state index is -0.568. The summed E-state index contributed by atoms with van der Waals surface area (Å²) in [6.07, 6.45) is 3.80. The van der Waals surface area contributed by atoms with Crippen molar-refractivity contribution in [2.75, 3.05) is 0 Å². The monoisotopic (exact) mass is 308 g/mol. The van der Waals surface area contributed by atoms with Gasteiger partial charge >= 0.3 is 6.09 Å². The summed E-state index contributed by atoms with van der Waals surface area (Å²) in [6, 6.07) is 11.1. The second kappa shape index (κ2) is 6.53. The number of ether oxygens (including phenoxy) is 1. The molecule has 0 bridgehead atoms. The molecule has 2 aromatic rings. The molecule has 2 rings (SSSR count). The lowest BCUT2D eigenvalue weighted by Crippen LogP contribution is -2.27. The van der Waals surface area contributed by atoms with Crippen molar-refractivity contribution < 1.29 is 9.53 Å². The molecule has 0 unspecified atom stereocenters. The molecule has 0 aliphatic rings. The lowest BCUT2D eigenvalue weighted by molar-refractivity contribution is 0.0540. The Labute approximate surface area is 136 Å². The molecule has 0 saturated heterocycles. The first kappa shape index (κ1) is 16.6. The third-order valence-corrected chi connectivity index (χ3v) is 3.16. The zero-order valence-electron chi connectivity index (χ0n) is 13.7. The summed E-state index contributed by atoms with van der Waals surface area (Å²) >= 11 is 0. The van der Waals surface area contributed by atoms with E-state index in [1.807, 2.05) is 39.0 Å². The molecular weight excluding hydrogens is 288 g/mol. The van der Waals surface area contributed by atoms with E-state index < -0.39 is 11.7 Å². The van der Waals surface area contributed by atoms with Gasteiger partial charge in [0.1, 0.15) is 5.60 Å². The van der Waals surface area contributed by atoms with Gasteiger partial charge in [0.15, 0.2) is 0 Å². The van der Waals surface area contributed by atoms with Gasteiger partial charge in [-0.25, -0.2) is 4.79 Å². The Morgan fingerprint density at radius 2 is 2.00 bits per heavy atom. The van der Waals surface area contributed by atoms with E-state index in [2.05, 4.69) is 12.6 Å². The number of aromatic nitrogens is 1. The fourth-order valence-corrected chi connectivity index (χ4v) is 2.20. The van der Waals surface area contributed by atoms with Crippen molar-refractivity contribution in [3.63, 3.8) is 0 Å². The summed E-state index contributed by atoms with van der Waals surface area (Å²) in [5.41, 5.74) is 2.58. The van der Waals surface area contributed by atoms with E-state index in [0.717, 1.165) is 16.8 Å². The number of nitriles is 1. The summed E-state index contributed by atoms with van der Waals surface area (Å²) in [6.45, 7) is 9.23. The van der Waals surface area contributed by atoms with Gasteiger partial charge in [0.05, 0.1) is 17.3 Å². The maximum atomic E-state index is 12.5. The zero-order valence-corrected chi connectivity index (χ0v) is 13.7. The van der Waals surface area contributed by atoms with Gasteiger partial charge in [-0.1, -0.05) is 18.2 Å². The van der Waals surface area contributed by atoms with Crippen molar-refractivity contribution in [3.05, 3.63) is 60.3 Å². The number of allylic oxidation sites excluding steroid dienone is 1. The molecule has 0 N–H and O–H groups in total. The summed E-state index contributed by atoms with van der Waals surface area (Å²) in [5, 5.41) is 8.90. The highest BCUT2D eigenvalue weighted by Gasteiger charge is 2.21. The molecule has 4 heteroatoms. The Morgan fingerprint density at radius 1 is 1.35 bits per heavy atom. The molecule has 0 radical (unpaired) electrons. The lowest BCUT2D eigenvalue weighted by Gasteiger charge is -2.20. The Balaban J connectivity index is 2.46. The number of benzene rings is 1. The van der Waals surface area contributed by atoms with Crippen molar-refractivity contribution in [1.29, 1.82) is 5.26 Å². The lowest BCUT2D eigenvalue weighted by atomic mass is 10.1. The van der Waals surface area contributed by atoms with E-state index in [1.54, 1.807) is 24.4 Å². The average Bonchev–Trinajstić information content (AvgIpc) is 2.90. The van der Waals surface area contributed by atoms with Crippen LogP contribution in [0.5, 0.6) is 0 Å². The van der Waals surface area contributed by atoms with Crippen molar-refractivity contribution in [3.8, 4) is 17.3 Å². The average molecular weight is 308 g/mol. The van der Waals surface area contributed by atoms with Crippen LogP contribution < -0.4 is 0 Å². The molecule has 4 nitrogen and oxygen atoms in total. The highest BCUT2D eigenvalue weighted by Crippen LogP contribution is 2.25. The Bertz CT molecular complexity index is 756. The molecule has 1 aromatic heterocycles. The molecule has 0 atom stereocenters. The molecule has 0 saturated carbocycles. The predicted molar refractivity (Wildman–Crippen MR) is 90.1 cm³/mol. The Kier molecular flexibility index (Phi) is 4.71. The van der Waals surface area contributed by atoms with Crippen LogP contribution in [0.1, 0.15) is 31.9 Å². The Morgan fingerprint density at radius 3 is 2.52 bits per heavy atom. The molecule has 1 aromatic carbocycles. The number of carbonyl (C=O) groups is 1. The molecule has 0 fully saturated rings. The quantitative estimate of drug-likeness (QED) is 0.782. The number of rotatable bonds is 3. The zero-order chi connectivity index (χ0) is 17.0. The van der Waals surface area contributed by atoms with Crippen LogP contribution in [-0.4, -0.2) is 16.3 Å². The van der Waals surface area contributed by atoms with Crippen molar-refractivity contribution in [2.24, 2.45) is 0 Å². The van der Waals surface area contributed by atoms with Crippen LogP contribution in [0.4, 0.5) is 4.79 Å². The van der Waals surface area contributed by atoms with Crippen LogP contribution in [0.2, 0.25) is 0 Å². The maximum Gasteiger partial charge on any atom is 0.418 e. The van der Waals surface area contributed by atoms with E-state index in [-0.39, 0.29) is 0 Å². The van der Waals surface area contributed by atoms with E-state index >= 15 is 0 Å². The molecule has 1 heterocycles. The second-order valence-corrected chi connectivity index (χ2v) is 6.27. The first-order valence-corrected chi connectivity index (χ1v) is 7.40. The fourth-order valence-electron chi connectivity index (χ4n) is 2.20. The van der Waals surface area contributed by atoms with Crippen LogP contribution in [0.15, 0.2) is 49.2 Å². The van der Waals surface area contributed by atoms with Gasteiger partial charge < -0.3 is 4.74 Å². The summed E-state index contributed by atoms with van der Waals surface area (Å²) in [5.74, 6) is 0. The molecule has 0 aliphatic carbocycles. The smallest absolute Gasteiger partial charge is 0.418 e. The van der Waals surface area contributed by atoms with E-state index in [0.29, 0.717) is 12.0 Å². The van der Waals surface area contributed by atoms with Gasteiger partial charge in [-0.05, 0) is 56.5 Å². The van der Waals surface area contributed by atoms with E-state index in [1.165, 1.54) is 4.57 Å². The maximum absolute atomic E-state index is 12.5. The molecule has 0 amide bonds. The van der Waals surface area contributed by atoms with Crippen LogP contribution in [0.3, 0.4) is 0 Å². The number of hydrogen-bond donors (Lipinski definition) is 0. The largest absolute Gasteiger partial charge is 0.443 e. The van der Waals surface area contributed by atoms with Crippen molar-refractivity contribution in [1.82, 2.24) is 4.57 Å². The minimum Gasteiger partial charge on any atom is -0.443 e. The first-order valence-electron chi connectivity index (χ1n) is 7.40. The highest BCUT2D eigenvalue weighted by molar-refractivity contribution is 5.79. The third kappa shape index (κ3) is 4.10. The van der Waals surface area contributed by atoms with Crippen LogP contribution in [-0.2, 0) is 11.2 Å². The fraction of sp³-hybridized carbons (Fsp3) is 0.263. The summed E-state index contributed by atoms with van der Waals surface area (Å²) in [7, 11) is 0. The number of hydrogen-bond acceptors (Lipinski definition) is 3. The van der Waals surface area contributed by atoms with Gasteiger partial charge in [-0.2, -0.15) is 5.26 Å². The predicted octanol–water partition coefficient (Wildman–Crippen LogP) is 4.54. The van der Waals surface area contributed by atoms with E-state index in [9.17, 15) is 4.79 Å². The Hall–Kier alpha value is -2.80. The van der Waals surface area contributed by atoms with Crippen molar-refractivity contribution in [2.45, 2.75) is 32.8 Å². The highest BCUT2D eigenvalue weighted by atomic mass is 16.6. The van der Waals surface area contributed by atoms with Crippen LogP contribution >= 0.6 is 0 Å². The molecule has 23 heavy (non-hydrogen) atoms. The molecular formula is C19H20N2O2. The van der Waals surface area contributed by atoms with Gasteiger partial charge in [-0.15, -0.1) is 6.58 Å². The topological polar surface area (TPSA) is 55.0 Å². The summed E-state index contributed by atoms with van der Waals surface area (Å²) < 4.78 is 6.97. The van der Waals surface area contributed by atoms with Gasteiger partial charge in [0.25, 0.3) is 0 Å². The number of carbonyl (C=O) groups excluding carboxylic acids is 1. The van der Waals surface area contributed by atoms with Gasteiger partial charge in [0.2, 0.25) is 0 Å². The standard InChI is InChI=1S/C19H20N2O2/c1-5-6-15-11-17(16-9-7-14(12-20)8-10-16)21(13-15)18(22)23-19(2,3)4/h5,7-11,13H,1,6H2,2-4H3. The van der Waals surface area contributed by atoms with Gasteiger partial charge in [-0.3, -0.25) is 4.57 Å². The second-order valence-electron chi connectivity index (χ2n) is 6.27. The van der Waals surface area contributed by atoms with Crippen LogP contribution in [0, 0.1) is 11.3 Å². The molecule has 118 valence electrons. The first-order chi connectivity index (χ1) is 10.8. The molecule has 0 spiro atoms. The van der Waals surface area contributed by atoms with Crippen molar-refractivity contribution >= 4 is 6.09 Å². The van der Waals surface area contributed by atoms with E-state index in [4.69, 9.17) is 10.00 Å². The SMILES string of the molecule is C=CCc1cc(-c2ccc(C#N)cc2)n(C(=O)OC(C)(C)C)c1. The minimum absolute atomic E-state index is 0.424. The van der Waals surface area contributed by atoms with Crippen LogP contribution in [0.25, 0.3) is 11.3 Å².